The number of amides is 1. The number of carboxylic acid groups (broad SMARTS) is 1. The highest BCUT2D eigenvalue weighted by Crippen LogP contribution is 2.17. The Hall–Kier alpha value is -1.78. The lowest BCUT2D eigenvalue weighted by Crippen LogP contribution is -2.34. The second kappa shape index (κ2) is 4.61. The highest BCUT2D eigenvalue weighted by Gasteiger charge is 2.22. The maximum Gasteiger partial charge on any atom is 0.371 e. The van der Waals surface area contributed by atoms with E-state index in [9.17, 15) is 9.59 Å². The molecule has 0 aliphatic carbocycles. The average molecular weight is 239 g/mol. The summed E-state index contributed by atoms with van der Waals surface area (Å²) in [6.45, 7) is 6.61. The molecule has 0 aliphatic heterocycles. The molecule has 0 fully saturated rings. The molecule has 0 aromatic carbocycles. The Kier molecular flexibility index (Phi) is 3.60. The molecule has 5 nitrogen and oxygen atoms in total. The van der Waals surface area contributed by atoms with Crippen molar-refractivity contribution in [3.05, 3.63) is 23.7 Å². The number of carboxylic acids is 1. The molecule has 0 radical (unpaired) electrons. The van der Waals surface area contributed by atoms with Crippen LogP contribution in [0.4, 0.5) is 0 Å². The van der Waals surface area contributed by atoms with Crippen LogP contribution in [0.2, 0.25) is 0 Å². The van der Waals surface area contributed by atoms with Crippen LogP contribution in [0.1, 0.15) is 41.9 Å². The van der Waals surface area contributed by atoms with Gasteiger partial charge in [-0.2, -0.15) is 0 Å². The number of rotatable bonds is 3. The fraction of sp³-hybridized carbons (Fsp3) is 0.500. The van der Waals surface area contributed by atoms with Crippen LogP contribution in [0.25, 0.3) is 0 Å². The first-order valence-corrected chi connectivity index (χ1v) is 5.29. The van der Waals surface area contributed by atoms with Gasteiger partial charge in [-0.05, 0) is 17.5 Å². The first-order valence-electron chi connectivity index (χ1n) is 5.29. The highest BCUT2D eigenvalue weighted by molar-refractivity contribution is 5.93. The summed E-state index contributed by atoms with van der Waals surface area (Å²) in [5, 5.41) is 8.69. The first kappa shape index (κ1) is 13.3. The molecule has 1 N–H and O–H groups in total. The van der Waals surface area contributed by atoms with E-state index in [-0.39, 0.29) is 22.8 Å². The Bertz CT molecular complexity index is 428. The Balaban J connectivity index is 2.78. The van der Waals surface area contributed by atoms with Crippen LogP contribution in [0.15, 0.2) is 16.5 Å². The number of nitrogens with zero attached hydrogens (tertiary/aromatic N) is 1. The monoisotopic (exact) mass is 239 g/mol. The van der Waals surface area contributed by atoms with Gasteiger partial charge in [0.15, 0.2) is 5.76 Å². The fourth-order valence-corrected chi connectivity index (χ4v) is 1.54. The first-order chi connectivity index (χ1) is 7.70. The van der Waals surface area contributed by atoms with Crippen LogP contribution in [0, 0.1) is 5.41 Å². The third-order valence-corrected chi connectivity index (χ3v) is 2.09. The number of furan rings is 1. The van der Waals surface area contributed by atoms with E-state index < -0.39 is 5.97 Å². The van der Waals surface area contributed by atoms with Gasteiger partial charge >= 0.3 is 5.97 Å². The van der Waals surface area contributed by atoms with Crippen LogP contribution in [-0.4, -0.2) is 35.5 Å². The van der Waals surface area contributed by atoms with Crippen LogP contribution in [0.5, 0.6) is 0 Å². The van der Waals surface area contributed by atoms with E-state index in [0.29, 0.717) is 6.54 Å². The molecule has 5 heteroatoms. The van der Waals surface area contributed by atoms with Gasteiger partial charge < -0.3 is 14.4 Å². The minimum Gasteiger partial charge on any atom is -0.475 e. The standard InChI is InChI=1S/C12H17NO4/c1-12(2,3)7-13(4)10(14)8-5-6-9(17-8)11(15)16/h5-6H,7H2,1-4H3,(H,15,16). The molecule has 17 heavy (non-hydrogen) atoms. The number of carbonyl (C=O) groups excluding carboxylic acids is 1. The van der Waals surface area contributed by atoms with Crippen molar-refractivity contribution in [3.8, 4) is 0 Å². The van der Waals surface area contributed by atoms with Crippen molar-refractivity contribution in [1.29, 1.82) is 0 Å². The largest absolute Gasteiger partial charge is 0.475 e. The van der Waals surface area contributed by atoms with Crippen LogP contribution >= 0.6 is 0 Å². The Labute approximate surface area is 100 Å². The van der Waals surface area contributed by atoms with Gasteiger partial charge in [-0.3, -0.25) is 4.79 Å². The second-order valence-corrected chi connectivity index (χ2v) is 5.19. The molecule has 1 rings (SSSR count). The topological polar surface area (TPSA) is 70.8 Å². The van der Waals surface area contributed by atoms with Gasteiger partial charge in [-0.25, -0.2) is 4.79 Å². The predicted molar refractivity (Wildman–Crippen MR) is 62.1 cm³/mol. The fourth-order valence-electron chi connectivity index (χ4n) is 1.54. The third kappa shape index (κ3) is 3.62. The Morgan fingerprint density at radius 3 is 2.24 bits per heavy atom. The molecular formula is C12H17NO4. The summed E-state index contributed by atoms with van der Waals surface area (Å²) < 4.78 is 4.95. The Morgan fingerprint density at radius 1 is 1.29 bits per heavy atom. The van der Waals surface area contributed by atoms with E-state index in [2.05, 4.69) is 0 Å². The number of hydrogen-bond acceptors (Lipinski definition) is 3. The molecule has 0 bridgehead atoms. The van der Waals surface area contributed by atoms with Gasteiger partial charge in [0, 0.05) is 13.6 Å². The zero-order chi connectivity index (χ0) is 13.2. The predicted octanol–water partition coefficient (Wildman–Crippen LogP) is 2.10. The van der Waals surface area contributed by atoms with Crippen molar-refractivity contribution in [2.45, 2.75) is 20.8 Å². The van der Waals surface area contributed by atoms with Gasteiger partial charge in [0.25, 0.3) is 5.91 Å². The van der Waals surface area contributed by atoms with Crippen LogP contribution in [0.3, 0.4) is 0 Å². The average Bonchev–Trinajstić information content (AvgIpc) is 2.62. The minimum atomic E-state index is -1.18. The summed E-state index contributed by atoms with van der Waals surface area (Å²) in [5.74, 6) is -1.67. The van der Waals surface area contributed by atoms with Gasteiger partial charge in [-0.1, -0.05) is 20.8 Å². The zero-order valence-corrected chi connectivity index (χ0v) is 10.5. The molecular weight excluding hydrogens is 222 g/mol. The molecule has 94 valence electrons. The number of hydrogen-bond donors (Lipinski definition) is 1. The summed E-state index contributed by atoms with van der Waals surface area (Å²) in [7, 11) is 1.66. The lowest BCUT2D eigenvalue weighted by molar-refractivity contribution is 0.0647. The molecule has 1 aromatic rings. The van der Waals surface area contributed by atoms with E-state index in [1.807, 2.05) is 20.8 Å². The lowest BCUT2D eigenvalue weighted by atomic mass is 9.96. The molecule has 0 saturated heterocycles. The van der Waals surface area contributed by atoms with E-state index in [0.717, 1.165) is 0 Å². The van der Waals surface area contributed by atoms with Crippen molar-refractivity contribution >= 4 is 11.9 Å². The Morgan fingerprint density at radius 2 is 1.82 bits per heavy atom. The van der Waals surface area contributed by atoms with Crippen molar-refractivity contribution in [3.63, 3.8) is 0 Å². The van der Waals surface area contributed by atoms with Gasteiger partial charge in [0.05, 0.1) is 0 Å². The second-order valence-electron chi connectivity index (χ2n) is 5.19. The third-order valence-electron chi connectivity index (χ3n) is 2.09. The zero-order valence-electron chi connectivity index (χ0n) is 10.5. The van der Waals surface area contributed by atoms with Gasteiger partial charge in [0.1, 0.15) is 0 Å². The van der Waals surface area contributed by atoms with Crippen LogP contribution in [-0.2, 0) is 0 Å². The highest BCUT2D eigenvalue weighted by atomic mass is 16.4. The molecule has 0 saturated carbocycles. The molecule has 0 atom stereocenters. The number of aromatic carboxylic acids is 1. The van der Waals surface area contributed by atoms with Crippen LogP contribution < -0.4 is 0 Å². The molecule has 1 heterocycles. The van der Waals surface area contributed by atoms with E-state index in [4.69, 9.17) is 9.52 Å². The summed E-state index contributed by atoms with van der Waals surface area (Å²) in [5.41, 5.74) is -0.0212. The van der Waals surface area contributed by atoms with Crippen molar-refractivity contribution in [2.75, 3.05) is 13.6 Å². The molecule has 0 spiro atoms. The van der Waals surface area contributed by atoms with Crippen molar-refractivity contribution in [1.82, 2.24) is 4.90 Å². The van der Waals surface area contributed by atoms with E-state index in [1.165, 1.54) is 17.0 Å². The quantitative estimate of drug-likeness (QED) is 0.876. The minimum absolute atomic E-state index is 0.0212. The summed E-state index contributed by atoms with van der Waals surface area (Å²) in [6, 6.07) is 2.66. The maximum atomic E-state index is 11.9. The maximum absolute atomic E-state index is 11.9. The summed E-state index contributed by atoms with van der Waals surface area (Å²) >= 11 is 0. The number of carbonyl (C=O) groups is 2. The molecule has 1 amide bonds. The normalized spacial score (nSPS) is 11.3. The van der Waals surface area contributed by atoms with Crippen molar-refractivity contribution in [2.24, 2.45) is 5.41 Å². The van der Waals surface area contributed by atoms with E-state index >= 15 is 0 Å². The lowest BCUT2D eigenvalue weighted by Gasteiger charge is -2.25. The molecule has 1 aromatic heterocycles. The SMILES string of the molecule is CN(CC(C)(C)C)C(=O)c1ccc(C(=O)O)o1. The summed E-state index contributed by atoms with van der Waals surface area (Å²) in [6.07, 6.45) is 0. The summed E-state index contributed by atoms with van der Waals surface area (Å²) in [4.78, 5) is 24.0. The van der Waals surface area contributed by atoms with Gasteiger partial charge in [-0.15, -0.1) is 0 Å². The molecule has 0 unspecified atom stereocenters. The smallest absolute Gasteiger partial charge is 0.371 e. The van der Waals surface area contributed by atoms with E-state index in [1.54, 1.807) is 7.05 Å². The van der Waals surface area contributed by atoms with Crippen molar-refractivity contribution < 1.29 is 19.1 Å². The van der Waals surface area contributed by atoms with Gasteiger partial charge in [0.2, 0.25) is 5.76 Å². The molecule has 0 aliphatic rings.